The number of likely N-dealkylation sites (N-methyl/N-ethyl adjacent to an activating group) is 1. The van der Waals surface area contributed by atoms with Crippen LogP contribution in [0.25, 0.3) is 0 Å². The summed E-state index contributed by atoms with van der Waals surface area (Å²) >= 11 is 0. The second-order valence-electron chi connectivity index (χ2n) is 17.2. The van der Waals surface area contributed by atoms with Crippen molar-refractivity contribution in [1.29, 1.82) is 0 Å². The lowest BCUT2D eigenvalue weighted by Crippen LogP contribution is -2.60. The third kappa shape index (κ3) is 9.07. The molecule has 4 heterocycles. The average Bonchev–Trinajstić information content (AvgIpc) is 3.58. The number of aliphatic hydroxyl groups is 6. The Morgan fingerprint density at radius 3 is 1.74 bits per heavy atom. The fourth-order valence-electron chi connectivity index (χ4n) is 9.06. The molecule has 0 unspecified atom stereocenters. The van der Waals surface area contributed by atoms with Crippen molar-refractivity contribution in [2.75, 3.05) is 45.3 Å². The van der Waals surface area contributed by atoms with E-state index in [1.54, 1.807) is 0 Å². The summed E-state index contributed by atoms with van der Waals surface area (Å²) in [5, 5.41) is 66.8. The molecule has 0 bridgehead atoms. The van der Waals surface area contributed by atoms with E-state index in [2.05, 4.69) is 92.0 Å². The standard InChI is InChI=1S/C45H62N4O12/c1-9-48-28-16-14-24(20-34(50)46-22-30-36(52)38(54)40(56)42(58-7)60-30)18-26(28)44(3,4)32(48)12-11-13-33-45(5,6)27-19-25(15-17-29(27)49(33)10-2)21-35(51)47-23-31-37(53)39(55)41(57)43(59-8)61-31/h11-19,30-31,36-43,52-57H,9-10,20-23H2,1-8H3,(H-,46,47,50,51)/p+1/t30-,31-,36-,37-,38+,39+,40-,41-,42+,43+/m1/s1. The molecule has 10 atom stereocenters. The van der Waals surface area contributed by atoms with Gasteiger partial charge in [0.15, 0.2) is 18.3 Å². The molecule has 2 saturated heterocycles. The molecule has 4 aliphatic rings. The number of hydrogen-bond acceptors (Lipinski definition) is 13. The number of anilines is 1. The predicted molar refractivity (Wildman–Crippen MR) is 225 cm³/mol. The van der Waals surface area contributed by atoms with Gasteiger partial charge in [0.25, 0.3) is 0 Å². The number of allylic oxidation sites excluding steroid dienone is 4. The van der Waals surface area contributed by atoms with Crippen molar-refractivity contribution in [2.45, 2.75) is 127 Å². The van der Waals surface area contributed by atoms with E-state index in [9.17, 15) is 40.2 Å². The molecule has 8 N–H and O–H groups in total. The molecule has 6 rings (SSSR count). The molecular weight excluding hydrogens is 789 g/mol. The predicted octanol–water partition coefficient (Wildman–Crippen LogP) is 0.566. The highest BCUT2D eigenvalue weighted by Gasteiger charge is 2.47. The van der Waals surface area contributed by atoms with Crippen LogP contribution in [-0.2, 0) is 52.2 Å². The first-order valence-corrected chi connectivity index (χ1v) is 21.0. The zero-order valence-electron chi connectivity index (χ0n) is 36.2. The molecular formula is C45H63N4O12+. The summed E-state index contributed by atoms with van der Waals surface area (Å²) in [7, 11) is 2.65. The van der Waals surface area contributed by atoms with Crippen LogP contribution in [0.1, 0.15) is 63.8 Å². The minimum absolute atomic E-state index is 0.0720. The van der Waals surface area contributed by atoms with Gasteiger partial charge in [0.2, 0.25) is 17.5 Å². The molecule has 4 aliphatic heterocycles. The van der Waals surface area contributed by atoms with E-state index in [0.717, 1.165) is 58.1 Å². The van der Waals surface area contributed by atoms with Gasteiger partial charge in [0.1, 0.15) is 55.4 Å². The molecule has 0 spiro atoms. The van der Waals surface area contributed by atoms with Crippen molar-refractivity contribution in [1.82, 2.24) is 10.6 Å². The minimum atomic E-state index is -1.47. The van der Waals surface area contributed by atoms with Crippen LogP contribution in [0.2, 0.25) is 0 Å². The maximum Gasteiger partial charge on any atom is 0.224 e. The molecule has 2 aromatic carbocycles. The van der Waals surface area contributed by atoms with E-state index in [-0.39, 0.29) is 48.6 Å². The van der Waals surface area contributed by atoms with Crippen LogP contribution in [0, 0.1) is 0 Å². The van der Waals surface area contributed by atoms with Crippen LogP contribution >= 0.6 is 0 Å². The summed E-state index contributed by atoms with van der Waals surface area (Å²) in [6.45, 7) is 14.2. The monoisotopic (exact) mass is 851 g/mol. The van der Waals surface area contributed by atoms with Gasteiger partial charge in [-0.1, -0.05) is 38.1 Å². The number of fused-ring (bicyclic) bond motifs is 2. The summed E-state index contributed by atoms with van der Waals surface area (Å²) in [6.07, 6.45) is -6.15. The lowest BCUT2D eigenvalue weighted by molar-refractivity contribution is -0.433. The normalized spacial score (nSPS) is 31.1. The molecule has 16 heteroatoms. The third-order valence-electron chi connectivity index (χ3n) is 12.6. The molecule has 0 aliphatic carbocycles. The second-order valence-corrected chi connectivity index (χ2v) is 17.2. The number of amides is 2. The Hall–Kier alpha value is -4.07. The smallest absolute Gasteiger partial charge is 0.224 e. The topological polar surface area (TPSA) is 223 Å². The number of aliphatic hydroxyl groups excluding tert-OH is 6. The number of ether oxygens (including phenoxy) is 4. The molecule has 2 amide bonds. The molecule has 2 fully saturated rings. The van der Waals surface area contributed by atoms with Gasteiger partial charge in [0, 0.05) is 68.4 Å². The third-order valence-corrected chi connectivity index (χ3v) is 12.6. The van der Waals surface area contributed by atoms with E-state index in [1.165, 1.54) is 14.2 Å². The molecule has 16 nitrogen and oxygen atoms in total. The first kappa shape index (κ1) is 46.4. The van der Waals surface area contributed by atoms with Crippen LogP contribution in [-0.4, -0.2) is 155 Å². The first-order valence-electron chi connectivity index (χ1n) is 21.0. The summed E-state index contributed by atoms with van der Waals surface area (Å²) in [5.41, 5.74) is 7.41. The molecule has 0 saturated carbocycles. The Morgan fingerprint density at radius 2 is 1.25 bits per heavy atom. The highest BCUT2D eigenvalue weighted by atomic mass is 16.7. The average molecular weight is 852 g/mol. The maximum atomic E-state index is 13.1. The zero-order chi connectivity index (χ0) is 44.6. The van der Waals surface area contributed by atoms with Crippen molar-refractivity contribution in [3.8, 4) is 0 Å². The highest BCUT2D eigenvalue weighted by molar-refractivity contribution is 6.03. The zero-order valence-corrected chi connectivity index (χ0v) is 36.2. The number of methoxy groups -OCH3 is 2. The van der Waals surface area contributed by atoms with Gasteiger partial charge >= 0.3 is 0 Å². The van der Waals surface area contributed by atoms with Crippen LogP contribution in [0.4, 0.5) is 11.4 Å². The van der Waals surface area contributed by atoms with E-state index in [1.807, 2.05) is 24.3 Å². The number of carbonyl (C=O) groups excluding carboxylic acids is 2. The Morgan fingerprint density at radius 1 is 0.738 bits per heavy atom. The molecule has 334 valence electrons. The van der Waals surface area contributed by atoms with Crippen molar-refractivity contribution in [2.24, 2.45) is 0 Å². The van der Waals surface area contributed by atoms with E-state index in [4.69, 9.17) is 18.9 Å². The molecule has 0 aromatic heterocycles. The summed E-state index contributed by atoms with van der Waals surface area (Å²) in [4.78, 5) is 28.4. The molecule has 61 heavy (non-hydrogen) atoms. The van der Waals surface area contributed by atoms with Crippen LogP contribution in [0.3, 0.4) is 0 Å². The van der Waals surface area contributed by atoms with Gasteiger partial charge in [-0.25, -0.2) is 0 Å². The summed E-state index contributed by atoms with van der Waals surface area (Å²) in [6, 6.07) is 12.1. The van der Waals surface area contributed by atoms with Crippen molar-refractivity contribution >= 4 is 28.9 Å². The van der Waals surface area contributed by atoms with Gasteiger partial charge < -0.3 is 65.1 Å². The van der Waals surface area contributed by atoms with Gasteiger partial charge in [-0.3, -0.25) is 9.59 Å². The lowest BCUT2D eigenvalue weighted by Gasteiger charge is -2.39. The van der Waals surface area contributed by atoms with Crippen LogP contribution in [0.5, 0.6) is 0 Å². The first-order chi connectivity index (χ1) is 28.9. The fourth-order valence-corrected chi connectivity index (χ4v) is 9.06. The van der Waals surface area contributed by atoms with Crippen LogP contribution < -0.4 is 15.5 Å². The van der Waals surface area contributed by atoms with Crippen molar-refractivity contribution in [3.05, 3.63) is 82.6 Å². The Kier molecular flexibility index (Phi) is 14.3. The summed E-state index contributed by atoms with van der Waals surface area (Å²) < 4.78 is 23.5. The van der Waals surface area contributed by atoms with E-state index < -0.39 is 61.4 Å². The van der Waals surface area contributed by atoms with Crippen LogP contribution in [0.15, 0.2) is 60.3 Å². The largest absolute Gasteiger partial charge is 0.388 e. The summed E-state index contributed by atoms with van der Waals surface area (Å²) in [5.74, 6) is -0.564. The number of hydrogen-bond donors (Lipinski definition) is 8. The van der Waals surface area contributed by atoms with Crippen molar-refractivity contribution < 1.29 is 63.8 Å². The molecule has 0 radical (unpaired) electrons. The second kappa shape index (κ2) is 18.7. The number of benzene rings is 2. The van der Waals surface area contributed by atoms with Gasteiger partial charge in [-0.05, 0) is 62.6 Å². The van der Waals surface area contributed by atoms with Gasteiger partial charge in [-0.15, -0.1) is 0 Å². The van der Waals surface area contributed by atoms with E-state index >= 15 is 0 Å². The van der Waals surface area contributed by atoms with Crippen molar-refractivity contribution in [3.63, 3.8) is 0 Å². The minimum Gasteiger partial charge on any atom is -0.388 e. The number of rotatable bonds is 14. The Labute approximate surface area is 357 Å². The lowest BCUT2D eigenvalue weighted by atomic mass is 9.80. The quantitative estimate of drug-likeness (QED) is 0.122. The molecule has 2 aromatic rings. The number of carbonyl (C=O) groups is 2. The number of nitrogens with one attached hydrogen (secondary N) is 2. The maximum absolute atomic E-state index is 13.1. The fraction of sp³-hybridized carbons (Fsp3) is 0.578. The van der Waals surface area contributed by atoms with Gasteiger partial charge in [0.05, 0.1) is 18.3 Å². The Bertz CT molecular complexity index is 2030. The number of nitrogens with zero attached hydrogens (tertiary/aromatic N) is 2. The SMILES string of the molecule is CCN1/C(=C/C=C/C2=[N+](CC)c3ccc(CC(=O)NC[C@H]4O[C@H](OC)[C@H](O)[C@@H](O)[C@@H]4O)cc3C2(C)C)C(C)(C)c2cc(CC(=O)NC[C@H]3O[C@H](OC)[C@H](O)[C@@H](O)[C@@H]3O)ccc21. The highest BCUT2D eigenvalue weighted by Crippen LogP contribution is 2.48. The van der Waals surface area contributed by atoms with Gasteiger partial charge in [-0.2, -0.15) is 4.58 Å². The van der Waals surface area contributed by atoms with E-state index in [0.29, 0.717) is 0 Å². The Balaban J connectivity index is 1.12.